The van der Waals surface area contributed by atoms with E-state index in [1.165, 1.54) is 31.2 Å². The van der Waals surface area contributed by atoms with Crippen LogP contribution >= 0.6 is 15.9 Å². The Hall–Kier alpha value is -0.540. The van der Waals surface area contributed by atoms with Gasteiger partial charge in [0.25, 0.3) is 0 Å². The minimum absolute atomic E-state index is 0.205. The molecule has 0 saturated heterocycles. The van der Waals surface area contributed by atoms with Crippen LogP contribution in [0.15, 0.2) is 22.7 Å². The summed E-state index contributed by atoms with van der Waals surface area (Å²) in [6.07, 6.45) is 7.23. The van der Waals surface area contributed by atoms with Crippen molar-refractivity contribution in [2.45, 2.75) is 64.5 Å². The van der Waals surface area contributed by atoms with Gasteiger partial charge in [0.1, 0.15) is 5.75 Å². The fraction of sp³-hybridized carbons (Fsp3) is 0.647. The molecule has 3 heteroatoms. The summed E-state index contributed by atoms with van der Waals surface area (Å²) in [4.78, 5) is 0. The monoisotopic (exact) mass is 339 g/mol. The molecule has 3 unspecified atom stereocenters. The molecule has 2 N–H and O–H groups in total. The largest absolute Gasteiger partial charge is 0.490 e. The molecule has 0 amide bonds. The normalized spacial score (nSPS) is 24.4. The summed E-state index contributed by atoms with van der Waals surface area (Å²) >= 11 is 3.55. The summed E-state index contributed by atoms with van der Waals surface area (Å²) in [5, 5.41) is 0. The topological polar surface area (TPSA) is 35.2 Å². The van der Waals surface area contributed by atoms with Gasteiger partial charge in [0.2, 0.25) is 0 Å². The van der Waals surface area contributed by atoms with E-state index in [0.717, 1.165) is 29.0 Å². The number of ether oxygens (including phenoxy) is 1. The highest BCUT2D eigenvalue weighted by atomic mass is 79.9. The molecule has 0 bridgehead atoms. The third-order valence-corrected chi connectivity index (χ3v) is 4.70. The minimum Gasteiger partial charge on any atom is -0.490 e. The van der Waals surface area contributed by atoms with Crippen molar-refractivity contribution in [3.63, 3.8) is 0 Å². The number of rotatable bonds is 5. The van der Waals surface area contributed by atoms with Gasteiger partial charge in [0.05, 0.1) is 6.10 Å². The van der Waals surface area contributed by atoms with Crippen molar-refractivity contribution in [3.05, 3.63) is 28.2 Å². The third-order valence-electron chi connectivity index (χ3n) is 4.21. The minimum atomic E-state index is 0.205. The highest BCUT2D eigenvalue weighted by molar-refractivity contribution is 9.10. The van der Waals surface area contributed by atoms with Gasteiger partial charge in [0.15, 0.2) is 0 Å². The zero-order valence-electron chi connectivity index (χ0n) is 12.6. The van der Waals surface area contributed by atoms with Gasteiger partial charge in [-0.15, -0.1) is 0 Å². The number of halogens is 1. The van der Waals surface area contributed by atoms with Crippen LogP contribution in [0.3, 0.4) is 0 Å². The maximum atomic E-state index is 6.28. The second-order valence-corrected chi connectivity index (χ2v) is 7.05. The van der Waals surface area contributed by atoms with Crippen LogP contribution in [0.1, 0.15) is 51.5 Å². The van der Waals surface area contributed by atoms with Crippen LogP contribution < -0.4 is 10.5 Å². The summed E-state index contributed by atoms with van der Waals surface area (Å²) in [6.45, 7) is 4.46. The molecular formula is C17H26BrNO. The Kier molecular flexibility index (Phi) is 5.91. The van der Waals surface area contributed by atoms with Gasteiger partial charge >= 0.3 is 0 Å². The molecule has 2 nitrogen and oxygen atoms in total. The predicted octanol–water partition coefficient (Wildman–Crippen LogP) is 4.69. The van der Waals surface area contributed by atoms with Crippen molar-refractivity contribution < 1.29 is 4.74 Å². The van der Waals surface area contributed by atoms with Crippen molar-refractivity contribution in [2.24, 2.45) is 11.7 Å². The van der Waals surface area contributed by atoms with E-state index in [4.69, 9.17) is 10.5 Å². The van der Waals surface area contributed by atoms with Crippen LogP contribution in [0.25, 0.3) is 0 Å². The molecule has 112 valence electrons. The number of hydrogen-bond donors (Lipinski definition) is 1. The number of hydrogen-bond acceptors (Lipinski definition) is 2. The van der Waals surface area contributed by atoms with E-state index in [2.05, 4.69) is 48.0 Å². The van der Waals surface area contributed by atoms with E-state index in [-0.39, 0.29) is 6.04 Å². The second kappa shape index (κ2) is 7.46. The quantitative estimate of drug-likeness (QED) is 0.844. The Labute approximate surface area is 131 Å². The van der Waals surface area contributed by atoms with E-state index in [1.54, 1.807) is 0 Å². The number of nitrogens with two attached hydrogens (primary N) is 1. The maximum Gasteiger partial charge on any atom is 0.123 e. The standard InChI is InChI=1S/C17H26BrNO/c1-3-15(19)11-13-10-14(18)7-8-17(13)20-16-6-4-5-12(2)9-16/h7-8,10,12,15-16H,3-6,9,11,19H2,1-2H3. The Balaban J connectivity index is 2.09. The molecule has 1 aromatic rings. The van der Waals surface area contributed by atoms with Crippen molar-refractivity contribution in [2.75, 3.05) is 0 Å². The van der Waals surface area contributed by atoms with Crippen molar-refractivity contribution in [1.29, 1.82) is 0 Å². The first kappa shape index (κ1) is 15.8. The average molecular weight is 340 g/mol. The number of benzene rings is 1. The molecule has 1 aliphatic carbocycles. The Bertz CT molecular complexity index is 435. The zero-order chi connectivity index (χ0) is 14.5. The van der Waals surface area contributed by atoms with Gasteiger partial charge in [-0.1, -0.05) is 36.2 Å². The highest BCUT2D eigenvalue weighted by Gasteiger charge is 2.21. The molecule has 1 saturated carbocycles. The molecule has 20 heavy (non-hydrogen) atoms. The van der Waals surface area contributed by atoms with Gasteiger partial charge in [-0.3, -0.25) is 0 Å². The summed E-state index contributed by atoms with van der Waals surface area (Å²) in [6, 6.07) is 6.50. The van der Waals surface area contributed by atoms with E-state index >= 15 is 0 Å². The first-order valence-corrected chi connectivity index (χ1v) is 8.58. The van der Waals surface area contributed by atoms with Crippen LogP contribution in [-0.4, -0.2) is 12.1 Å². The lowest BCUT2D eigenvalue weighted by Gasteiger charge is -2.28. The smallest absolute Gasteiger partial charge is 0.123 e. The Morgan fingerprint density at radius 3 is 2.90 bits per heavy atom. The van der Waals surface area contributed by atoms with Gasteiger partial charge in [-0.2, -0.15) is 0 Å². The molecule has 0 radical (unpaired) electrons. The van der Waals surface area contributed by atoms with E-state index in [0.29, 0.717) is 6.10 Å². The SMILES string of the molecule is CCC(N)Cc1cc(Br)ccc1OC1CCCC(C)C1. The predicted molar refractivity (Wildman–Crippen MR) is 88.2 cm³/mol. The molecular weight excluding hydrogens is 314 g/mol. The molecule has 1 aromatic carbocycles. The van der Waals surface area contributed by atoms with E-state index in [9.17, 15) is 0 Å². The maximum absolute atomic E-state index is 6.28. The summed E-state index contributed by atoms with van der Waals surface area (Å²) < 4.78 is 7.38. The van der Waals surface area contributed by atoms with Gasteiger partial charge < -0.3 is 10.5 Å². The second-order valence-electron chi connectivity index (χ2n) is 6.14. The molecule has 3 atom stereocenters. The molecule has 1 aliphatic rings. The molecule has 1 fully saturated rings. The molecule has 0 aromatic heterocycles. The van der Waals surface area contributed by atoms with Crippen molar-refractivity contribution in [1.82, 2.24) is 0 Å². The van der Waals surface area contributed by atoms with Crippen LogP contribution in [0.4, 0.5) is 0 Å². The fourth-order valence-electron chi connectivity index (χ4n) is 2.91. The zero-order valence-corrected chi connectivity index (χ0v) is 14.2. The summed E-state index contributed by atoms with van der Waals surface area (Å²) in [5.41, 5.74) is 7.34. The molecule has 0 heterocycles. The molecule has 0 spiro atoms. The van der Waals surface area contributed by atoms with Gasteiger partial charge in [-0.25, -0.2) is 0 Å². The molecule has 2 rings (SSSR count). The highest BCUT2D eigenvalue weighted by Crippen LogP contribution is 2.31. The Morgan fingerprint density at radius 1 is 1.40 bits per heavy atom. The summed E-state index contributed by atoms with van der Waals surface area (Å²) in [5.74, 6) is 1.81. The first-order valence-electron chi connectivity index (χ1n) is 7.79. The lowest BCUT2D eigenvalue weighted by Crippen LogP contribution is -2.26. The average Bonchev–Trinajstić information content (AvgIpc) is 2.42. The van der Waals surface area contributed by atoms with Gasteiger partial charge in [0, 0.05) is 10.5 Å². The third kappa shape index (κ3) is 4.49. The van der Waals surface area contributed by atoms with E-state index < -0.39 is 0 Å². The summed E-state index contributed by atoms with van der Waals surface area (Å²) in [7, 11) is 0. The lowest BCUT2D eigenvalue weighted by atomic mass is 9.88. The van der Waals surface area contributed by atoms with Gasteiger partial charge in [-0.05, 0) is 61.8 Å². The molecule has 0 aliphatic heterocycles. The van der Waals surface area contributed by atoms with Crippen LogP contribution in [-0.2, 0) is 6.42 Å². The van der Waals surface area contributed by atoms with Crippen molar-refractivity contribution >= 4 is 15.9 Å². The van der Waals surface area contributed by atoms with Crippen LogP contribution in [0.5, 0.6) is 5.75 Å². The van der Waals surface area contributed by atoms with Crippen LogP contribution in [0.2, 0.25) is 0 Å². The van der Waals surface area contributed by atoms with Crippen molar-refractivity contribution in [3.8, 4) is 5.75 Å². The van der Waals surface area contributed by atoms with Crippen LogP contribution in [0, 0.1) is 5.92 Å². The Morgan fingerprint density at radius 2 is 2.20 bits per heavy atom. The first-order chi connectivity index (χ1) is 9.58. The fourth-order valence-corrected chi connectivity index (χ4v) is 3.32. The van der Waals surface area contributed by atoms with E-state index in [1.807, 2.05) is 0 Å². The lowest BCUT2D eigenvalue weighted by molar-refractivity contribution is 0.128.